The van der Waals surface area contributed by atoms with Gasteiger partial charge in [-0.25, -0.2) is 0 Å². The van der Waals surface area contributed by atoms with Gasteiger partial charge in [-0.05, 0) is 30.2 Å². The molecular weight excluding hydrogens is 280 g/mol. The van der Waals surface area contributed by atoms with Crippen LogP contribution >= 0.6 is 0 Å². The van der Waals surface area contributed by atoms with Gasteiger partial charge in [-0.15, -0.1) is 0 Å². The lowest BCUT2D eigenvalue weighted by Crippen LogP contribution is -2.15. The summed E-state index contributed by atoms with van der Waals surface area (Å²) < 4.78 is 16.5. The van der Waals surface area contributed by atoms with E-state index in [0.29, 0.717) is 19.6 Å². The van der Waals surface area contributed by atoms with Gasteiger partial charge in [0.05, 0.1) is 7.11 Å². The number of carbonyl (C=O) groups excluding carboxylic acids is 1. The van der Waals surface area contributed by atoms with Crippen LogP contribution in [0.25, 0.3) is 0 Å². The summed E-state index contributed by atoms with van der Waals surface area (Å²) in [5, 5.41) is 0. The van der Waals surface area contributed by atoms with Crippen molar-refractivity contribution in [3.63, 3.8) is 0 Å². The molecular formula is C18H18O4. The molecule has 0 radical (unpaired) electrons. The quantitative estimate of drug-likeness (QED) is 0.796. The van der Waals surface area contributed by atoms with Gasteiger partial charge in [0, 0.05) is 11.5 Å². The third-order valence-electron chi connectivity index (χ3n) is 3.76. The highest BCUT2D eigenvalue weighted by molar-refractivity contribution is 5.65. The van der Waals surface area contributed by atoms with E-state index in [0.717, 1.165) is 34.7 Å². The standard InChI is InChI=1S/C18H18O4/c1-20-16-5-3-2-4-15(16)14(12-19)10-13-6-7-17-18(11-13)22-9-8-21-17/h2-7,11-12,14H,8-10H2,1H3. The predicted octanol–water partition coefficient (Wildman–Crippen LogP) is 2.99. The number of hydrogen-bond acceptors (Lipinski definition) is 4. The number of rotatable bonds is 5. The van der Waals surface area contributed by atoms with Crippen molar-refractivity contribution in [1.29, 1.82) is 0 Å². The number of hydrogen-bond donors (Lipinski definition) is 0. The van der Waals surface area contributed by atoms with Gasteiger partial charge < -0.3 is 19.0 Å². The summed E-state index contributed by atoms with van der Waals surface area (Å²) in [4.78, 5) is 11.6. The van der Waals surface area contributed by atoms with Crippen molar-refractivity contribution < 1.29 is 19.0 Å². The first-order valence-electron chi connectivity index (χ1n) is 7.28. The van der Waals surface area contributed by atoms with E-state index in [4.69, 9.17) is 14.2 Å². The molecule has 114 valence electrons. The summed E-state index contributed by atoms with van der Waals surface area (Å²) in [6, 6.07) is 13.4. The minimum Gasteiger partial charge on any atom is -0.496 e. The molecule has 0 aromatic heterocycles. The lowest BCUT2D eigenvalue weighted by molar-refractivity contribution is -0.109. The summed E-state index contributed by atoms with van der Waals surface area (Å²) in [7, 11) is 1.62. The molecule has 3 rings (SSSR count). The van der Waals surface area contributed by atoms with Crippen LogP contribution in [0.1, 0.15) is 17.0 Å². The van der Waals surface area contributed by atoms with Crippen LogP contribution in [-0.4, -0.2) is 26.6 Å². The highest BCUT2D eigenvalue weighted by atomic mass is 16.6. The van der Waals surface area contributed by atoms with Gasteiger partial charge in [-0.2, -0.15) is 0 Å². The van der Waals surface area contributed by atoms with Crippen molar-refractivity contribution in [2.45, 2.75) is 12.3 Å². The first kappa shape index (κ1) is 14.4. The Bertz CT molecular complexity index is 666. The largest absolute Gasteiger partial charge is 0.496 e. The fourth-order valence-electron chi connectivity index (χ4n) is 2.67. The van der Waals surface area contributed by atoms with Crippen molar-refractivity contribution >= 4 is 6.29 Å². The molecule has 0 saturated carbocycles. The number of aldehydes is 1. The summed E-state index contributed by atoms with van der Waals surface area (Å²) in [6.45, 7) is 1.13. The Morgan fingerprint density at radius 2 is 1.91 bits per heavy atom. The Hall–Kier alpha value is -2.49. The number of para-hydroxylation sites is 1. The van der Waals surface area contributed by atoms with Crippen molar-refractivity contribution in [3.8, 4) is 17.2 Å². The fraction of sp³-hybridized carbons (Fsp3) is 0.278. The Labute approximate surface area is 129 Å². The van der Waals surface area contributed by atoms with Crippen molar-refractivity contribution in [1.82, 2.24) is 0 Å². The van der Waals surface area contributed by atoms with Crippen LogP contribution in [0.2, 0.25) is 0 Å². The minimum atomic E-state index is -0.251. The second-order valence-electron chi connectivity index (χ2n) is 5.17. The van der Waals surface area contributed by atoms with Crippen LogP contribution in [0, 0.1) is 0 Å². The van der Waals surface area contributed by atoms with Gasteiger partial charge >= 0.3 is 0 Å². The molecule has 4 nitrogen and oxygen atoms in total. The maximum Gasteiger partial charge on any atom is 0.161 e. The van der Waals surface area contributed by atoms with Gasteiger partial charge in [0.15, 0.2) is 11.5 Å². The molecule has 0 N–H and O–H groups in total. The van der Waals surface area contributed by atoms with Gasteiger partial charge in [0.2, 0.25) is 0 Å². The van der Waals surface area contributed by atoms with E-state index in [9.17, 15) is 4.79 Å². The molecule has 22 heavy (non-hydrogen) atoms. The first-order valence-corrected chi connectivity index (χ1v) is 7.28. The average molecular weight is 298 g/mol. The number of methoxy groups -OCH3 is 1. The van der Waals surface area contributed by atoms with Gasteiger partial charge in [-0.3, -0.25) is 0 Å². The van der Waals surface area contributed by atoms with E-state index < -0.39 is 0 Å². The molecule has 1 aliphatic heterocycles. The third-order valence-corrected chi connectivity index (χ3v) is 3.76. The Balaban J connectivity index is 1.85. The van der Waals surface area contributed by atoms with E-state index in [1.54, 1.807) is 7.11 Å². The summed E-state index contributed by atoms with van der Waals surface area (Å²) in [6.07, 6.45) is 1.56. The monoisotopic (exact) mass is 298 g/mol. The molecule has 0 bridgehead atoms. The lowest BCUT2D eigenvalue weighted by atomic mass is 9.92. The minimum absolute atomic E-state index is 0.251. The Kier molecular flexibility index (Phi) is 4.28. The van der Waals surface area contributed by atoms with Crippen LogP contribution in [0.15, 0.2) is 42.5 Å². The first-order chi connectivity index (χ1) is 10.8. The molecule has 0 amide bonds. The summed E-state index contributed by atoms with van der Waals surface area (Å²) in [5.74, 6) is 1.99. The molecule has 1 heterocycles. The smallest absolute Gasteiger partial charge is 0.161 e. The predicted molar refractivity (Wildman–Crippen MR) is 82.9 cm³/mol. The Morgan fingerprint density at radius 3 is 2.68 bits per heavy atom. The number of fused-ring (bicyclic) bond motifs is 1. The molecule has 0 aliphatic carbocycles. The van der Waals surface area contributed by atoms with Crippen LogP contribution in [0.5, 0.6) is 17.2 Å². The van der Waals surface area contributed by atoms with Crippen molar-refractivity contribution in [2.75, 3.05) is 20.3 Å². The number of benzene rings is 2. The number of ether oxygens (including phenoxy) is 3. The molecule has 2 aromatic rings. The maximum absolute atomic E-state index is 11.6. The van der Waals surface area contributed by atoms with Crippen LogP contribution in [-0.2, 0) is 11.2 Å². The van der Waals surface area contributed by atoms with Crippen molar-refractivity contribution in [3.05, 3.63) is 53.6 Å². The van der Waals surface area contributed by atoms with Crippen LogP contribution in [0.3, 0.4) is 0 Å². The van der Waals surface area contributed by atoms with Gasteiger partial charge in [0.25, 0.3) is 0 Å². The third kappa shape index (κ3) is 2.91. The fourth-order valence-corrected chi connectivity index (χ4v) is 2.67. The zero-order valence-corrected chi connectivity index (χ0v) is 12.5. The van der Waals surface area contributed by atoms with Crippen molar-refractivity contribution in [2.24, 2.45) is 0 Å². The molecule has 1 aliphatic rings. The topological polar surface area (TPSA) is 44.8 Å². The lowest BCUT2D eigenvalue weighted by Gasteiger charge is -2.20. The van der Waals surface area contributed by atoms with Crippen LogP contribution in [0.4, 0.5) is 0 Å². The van der Waals surface area contributed by atoms with E-state index in [1.807, 2.05) is 42.5 Å². The normalized spacial score (nSPS) is 14.2. The summed E-state index contributed by atoms with van der Waals surface area (Å²) >= 11 is 0. The van der Waals surface area contributed by atoms with Gasteiger partial charge in [0.1, 0.15) is 25.2 Å². The molecule has 4 heteroatoms. The maximum atomic E-state index is 11.6. The molecule has 0 spiro atoms. The second-order valence-corrected chi connectivity index (χ2v) is 5.17. The van der Waals surface area contributed by atoms with E-state index in [2.05, 4.69) is 0 Å². The zero-order valence-electron chi connectivity index (χ0n) is 12.5. The molecule has 2 aromatic carbocycles. The highest BCUT2D eigenvalue weighted by Crippen LogP contribution is 2.33. The van der Waals surface area contributed by atoms with Crippen LogP contribution < -0.4 is 14.2 Å². The molecule has 1 unspecified atom stereocenters. The zero-order chi connectivity index (χ0) is 15.4. The number of carbonyl (C=O) groups is 1. The van der Waals surface area contributed by atoms with Gasteiger partial charge in [-0.1, -0.05) is 24.3 Å². The SMILES string of the molecule is COc1ccccc1C(C=O)Cc1ccc2c(c1)OCCO2. The van der Waals surface area contributed by atoms with E-state index in [1.165, 1.54) is 0 Å². The summed E-state index contributed by atoms with van der Waals surface area (Å²) in [5.41, 5.74) is 1.93. The van der Waals surface area contributed by atoms with E-state index in [-0.39, 0.29) is 5.92 Å². The molecule has 0 saturated heterocycles. The molecule has 0 fully saturated rings. The second kappa shape index (κ2) is 6.52. The highest BCUT2D eigenvalue weighted by Gasteiger charge is 2.18. The molecule has 1 atom stereocenters. The van der Waals surface area contributed by atoms with E-state index >= 15 is 0 Å². The Morgan fingerprint density at radius 1 is 1.14 bits per heavy atom. The average Bonchev–Trinajstić information content (AvgIpc) is 2.59.